The summed E-state index contributed by atoms with van der Waals surface area (Å²) in [6, 6.07) is 10.6. The van der Waals surface area contributed by atoms with E-state index in [4.69, 9.17) is 0 Å². The van der Waals surface area contributed by atoms with Gasteiger partial charge in [0.25, 0.3) is 5.56 Å². The lowest BCUT2D eigenvalue weighted by Crippen LogP contribution is -2.14. The standard InChI is InChI=1S/C17H13N3O3S3/c1-24-12-5-3-2-4-10(12)19-14(23)8-25-17-9(7-18)15-16(26-17)11(21)6-13(22)20-15/h2-6H,8H2,1H3,(H,19,23)(H2,20,21,22). The summed E-state index contributed by atoms with van der Waals surface area (Å²) in [7, 11) is 0. The van der Waals surface area contributed by atoms with Gasteiger partial charge in [-0.3, -0.25) is 9.59 Å². The molecule has 0 fully saturated rings. The quantitative estimate of drug-likeness (QED) is 0.562. The minimum absolute atomic E-state index is 0.106. The number of hydrogen-bond acceptors (Lipinski definition) is 7. The molecule has 0 aliphatic heterocycles. The van der Waals surface area contributed by atoms with Crippen molar-refractivity contribution < 1.29 is 9.90 Å². The number of carbonyl (C=O) groups is 1. The zero-order valence-electron chi connectivity index (χ0n) is 13.5. The molecule has 0 bridgehead atoms. The summed E-state index contributed by atoms with van der Waals surface area (Å²) in [6.07, 6.45) is 1.93. The third-order valence-corrected chi connectivity index (χ3v) is 6.73. The van der Waals surface area contributed by atoms with E-state index in [9.17, 15) is 20.0 Å². The van der Waals surface area contributed by atoms with Gasteiger partial charge in [0.15, 0.2) is 0 Å². The smallest absolute Gasteiger partial charge is 0.252 e. The molecule has 0 aliphatic rings. The summed E-state index contributed by atoms with van der Waals surface area (Å²) < 4.78 is 1.00. The summed E-state index contributed by atoms with van der Waals surface area (Å²) >= 11 is 3.91. The van der Waals surface area contributed by atoms with E-state index in [1.165, 1.54) is 34.9 Å². The van der Waals surface area contributed by atoms with Crippen molar-refractivity contribution in [1.29, 1.82) is 5.26 Å². The lowest BCUT2D eigenvalue weighted by Gasteiger charge is -2.08. The number of fused-ring (bicyclic) bond motifs is 1. The molecule has 9 heteroatoms. The first kappa shape index (κ1) is 18.4. The molecule has 0 radical (unpaired) electrons. The monoisotopic (exact) mass is 403 g/mol. The summed E-state index contributed by atoms with van der Waals surface area (Å²) in [6.45, 7) is 0. The van der Waals surface area contributed by atoms with E-state index >= 15 is 0 Å². The first-order chi connectivity index (χ1) is 12.5. The largest absolute Gasteiger partial charge is 0.506 e. The lowest BCUT2D eigenvalue weighted by atomic mass is 10.3. The van der Waals surface area contributed by atoms with Gasteiger partial charge in [-0.25, -0.2) is 0 Å². The number of thioether (sulfide) groups is 2. The van der Waals surface area contributed by atoms with Crippen molar-refractivity contribution in [3.63, 3.8) is 0 Å². The number of carbonyl (C=O) groups excluding carboxylic acids is 1. The van der Waals surface area contributed by atoms with Crippen molar-refractivity contribution in [3.8, 4) is 11.8 Å². The van der Waals surface area contributed by atoms with Crippen LogP contribution in [0.3, 0.4) is 0 Å². The average molecular weight is 404 g/mol. The van der Waals surface area contributed by atoms with Gasteiger partial charge in [-0.15, -0.1) is 34.9 Å². The fourth-order valence-corrected chi connectivity index (χ4v) is 5.02. The molecule has 6 nitrogen and oxygen atoms in total. The Morgan fingerprint density at radius 1 is 1.42 bits per heavy atom. The van der Waals surface area contributed by atoms with Gasteiger partial charge in [0.05, 0.1) is 25.9 Å². The number of hydrogen-bond donors (Lipinski definition) is 3. The SMILES string of the molecule is CSc1ccccc1NC(=O)CSc1sc2c(O)cc(=O)[nH]c2c1C#N. The zero-order valence-corrected chi connectivity index (χ0v) is 16.0. The third-order valence-electron chi connectivity index (χ3n) is 3.45. The molecular weight excluding hydrogens is 390 g/mol. The van der Waals surface area contributed by atoms with Gasteiger partial charge in [0.1, 0.15) is 17.4 Å². The highest BCUT2D eigenvalue weighted by molar-refractivity contribution is 8.02. The molecule has 2 heterocycles. The predicted octanol–water partition coefficient (Wildman–Crippen LogP) is 3.62. The van der Waals surface area contributed by atoms with Gasteiger partial charge in [-0.2, -0.15) is 5.26 Å². The van der Waals surface area contributed by atoms with Gasteiger partial charge in [0, 0.05) is 11.0 Å². The van der Waals surface area contributed by atoms with Crippen LogP contribution in [0, 0.1) is 11.3 Å². The van der Waals surface area contributed by atoms with Crippen LogP contribution in [0.4, 0.5) is 5.69 Å². The number of thiophene rings is 1. The van der Waals surface area contributed by atoms with Crippen LogP contribution in [0.2, 0.25) is 0 Å². The maximum absolute atomic E-state index is 12.3. The van der Waals surface area contributed by atoms with Crippen LogP contribution < -0.4 is 10.9 Å². The molecule has 132 valence electrons. The molecule has 26 heavy (non-hydrogen) atoms. The summed E-state index contributed by atoms with van der Waals surface area (Å²) in [5, 5.41) is 22.2. The highest BCUT2D eigenvalue weighted by Crippen LogP contribution is 2.39. The first-order valence-electron chi connectivity index (χ1n) is 7.38. The van der Waals surface area contributed by atoms with Crippen LogP contribution in [0.5, 0.6) is 5.75 Å². The highest BCUT2D eigenvalue weighted by atomic mass is 32.2. The van der Waals surface area contributed by atoms with Gasteiger partial charge in [0.2, 0.25) is 5.91 Å². The van der Waals surface area contributed by atoms with Gasteiger partial charge < -0.3 is 15.4 Å². The van der Waals surface area contributed by atoms with Crippen molar-refractivity contribution in [2.75, 3.05) is 17.3 Å². The molecule has 3 N–H and O–H groups in total. The number of nitriles is 1. The Morgan fingerprint density at radius 2 is 2.19 bits per heavy atom. The first-order valence-corrected chi connectivity index (χ1v) is 10.4. The van der Waals surface area contributed by atoms with E-state index in [1.807, 2.05) is 36.6 Å². The Labute approximate surface area is 161 Å². The number of nitrogens with zero attached hydrogens (tertiary/aromatic N) is 1. The Balaban J connectivity index is 1.79. The maximum atomic E-state index is 12.3. The van der Waals surface area contributed by atoms with E-state index in [2.05, 4.69) is 10.3 Å². The number of rotatable bonds is 5. The topological polar surface area (TPSA) is 106 Å². The number of pyridine rings is 1. The summed E-state index contributed by atoms with van der Waals surface area (Å²) in [5.41, 5.74) is 0.829. The fraction of sp³-hybridized carbons (Fsp3) is 0.118. The van der Waals surface area contributed by atoms with Gasteiger partial charge >= 0.3 is 0 Å². The van der Waals surface area contributed by atoms with E-state index in [1.54, 1.807) is 0 Å². The average Bonchev–Trinajstić information content (AvgIpc) is 2.98. The van der Waals surface area contributed by atoms with Crippen LogP contribution >= 0.6 is 34.9 Å². The summed E-state index contributed by atoms with van der Waals surface area (Å²) in [5.74, 6) is -0.263. The Bertz CT molecular complexity index is 1080. The molecule has 0 saturated heterocycles. The van der Waals surface area contributed by atoms with E-state index < -0.39 is 5.56 Å². The fourth-order valence-electron chi connectivity index (χ4n) is 2.33. The number of nitrogens with one attached hydrogen (secondary N) is 2. The number of benzene rings is 1. The number of anilines is 1. The van der Waals surface area contributed by atoms with E-state index in [0.29, 0.717) is 14.4 Å². The molecule has 2 aromatic heterocycles. The van der Waals surface area contributed by atoms with Crippen molar-refractivity contribution in [2.24, 2.45) is 0 Å². The van der Waals surface area contributed by atoms with Crippen molar-refractivity contribution >= 4 is 56.7 Å². The Morgan fingerprint density at radius 3 is 2.92 bits per heavy atom. The molecule has 1 aromatic carbocycles. The number of amides is 1. The second kappa shape index (κ2) is 7.86. The van der Waals surface area contributed by atoms with E-state index in [0.717, 1.165) is 16.6 Å². The molecule has 1 amide bonds. The van der Waals surface area contributed by atoms with Crippen molar-refractivity contribution in [2.45, 2.75) is 9.10 Å². The van der Waals surface area contributed by atoms with Gasteiger partial charge in [-0.1, -0.05) is 12.1 Å². The van der Waals surface area contributed by atoms with Crippen molar-refractivity contribution in [1.82, 2.24) is 4.98 Å². The number of aromatic hydroxyl groups is 1. The molecular formula is C17H13N3O3S3. The number of aromatic nitrogens is 1. The van der Waals surface area contributed by atoms with Gasteiger partial charge in [-0.05, 0) is 18.4 Å². The molecule has 0 atom stereocenters. The minimum atomic E-state index is -0.479. The number of H-pyrrole nitrogens is 1. The minimum Gasteiger partial charge on any atom is -0.506 e. The molecule has 0 aliphatic carbocycles. The van der Waals surface area contributed by atoms with Crippen molar-refractivity contribution in [3.05, 3.63) is 46.2 Å². The van der Waals surface area contributed by atoms with Crippen LogP contribution in [-0.4, -0.2) is 28.0 Å². The molecule has 0 unspecified atom stereocenters. The number of aromatic amines is 1. The zero-order chi connectivity index (χ0) is 18.7. The molecule has 3 aromatic rings. The van der Waals surface area contributed by atoms with E-state index in [-0.39, 0.29) is 23.0 Å². The molecule has 3 rings (SSSR count). The van der Waals surface area contributed by atoms with Crippen LogP contribution in [0.15, 0.2) is 44.2 Å². The predicted molar refractivity (Wildman–Crippen MR) is 106 cm³/mol. The second-order valence-corrected chi connectivity index (χ2v) is 8.25. The second-order valence-electron chi connectivity index (χ2n) is 5.14. The maximum Gasteiger partial charge on any atom is 0.252 e. The summed E-state index contributed by atoms with van der Waals surface area (Å²) in [4.78, 5) is 27.3. The normalized spacial score (nSPS) is 10.6. The Hall–Kier alpha value is -2.41. The third kappa shape index (κ3) is 3.72. The highest BCUT2D eigenvalue weighted by Gasteiger charge is 2.17. The number of para-hydroxylation sites is 1. The Kier molecular flexibility index (Phi) is 5.56. The van der Waals surface area contributed by atoms with Crippen LogP contribution in [0.1, 0.15) is 5.56 Å². The van der Waals surface area contributed by atoms with Crippen LogP contribution in [0.25, 0.3) is 10.2 Å². The molecule has 0 saturated carbocycles. The van der Waals surface area contributed by atoms with Crippen LogP contribution in [-0.2, 0) is 4.79 Å². The lowest BCUT2D eigenvalue weighted by molar-refractivity contribution is -0.113. The molecule has 0 spiro atoms.